The summed E-state index contributed by atoms with van der Waals surface area (Å²) in [6.07, 6.45) is 0. The smallest absolute Gasteiger partial charge is 0.275 e. The number of alkyl halides is 2. The topological polar surface area (TPSA) is 26.0 Å². The van der Waals surface area contributed by atoms with Crippen LogP contribution >= 0.6 is 0 Å². The zero-order chi connectivity index (χ0) is 8.65. The molecule has 0 aliphatic heterocycles. The zero-order valence-electron chi connectivity index (χ0n) is 6.61. The first kappa shape index (κ1) is 8.17. The molecule has 0 aliphatic carbocycles. The molecule has 0 bridgehead atoms. The van der Waals surface area contributed by atoms with Crippen LogP contribution in [0.25, 0.3) is 0 Å². The lowest BCUT2D eigenvalue weighted by atomic mass is 10.1. The minimum absolute atomic E-state index is 0.0995. The van der Waals surface area contributed by atoms with Crippen LogP contribution in [0.4, 0.5) is 8.78 Å². The Morgan fingerprint density at radius 1 is 1.36 bits per heavy atom. The van der Waals surface area contributed by atoms with Gasteiger partial charge in [0.25, 0.3) is 5.92 Å². The van der Waals surface area contributed by atoms with Gasteiger partial charge in [-0.15, -0.1) is 0 Å². The summed E-state index contributed by atoms with van der Waals surface area (Å²) in [6, 6.07) is 0. The average Bonchev–Trinajstić information content (AvgIpc) is 2.08. The monoisotopic (exact) mass is 161 g/mol. The second kappa shape index (κ2) is 2.29. The molecule has 0 amide bonds. The lowest BCUT2D eigenvalue weighted by molar-refractivity contribution is 0.0154. The molecule has 0 aromatic carbocycles. The van der Waals surface area contributed by atoms with Gasteiger partial charge < -0.3 is 4.52 Å². The molecule has 0 radical (unpaired) electrons. The number of nitrogens with zero attached hydrogens (tertiary/aromatic N) is 1. The number of hydrogen-bond donors (Lipinski definition) is 0. The first-order valence-electron chi connectivity index (χ1n) is 3.24. The summed E-state index contributed by atoms with van der Waals surface area (Å²) in [6.45, 7) is 3.82. The van der Waals surface area contributed by atoms with E-state index in [4.69, 9.17) is 0 Å². The van der Waals surface area contributed by atoms with E-state index in [0.717, 1.165) is 6.92 Å². The lowest BCUT2D eigenvalue weighted by Gasteiger charge is -2.07. The summed E-state index contributed by atoms with van der Waals surface area (Å²) in [5.74, 6) is -2.66. The summed E-state index contributed by atoms with van der Waals surface area (Å²) in [5.41, 5.74) is 0.160. The maximum atomic E-state index is 12.7. The molecule has 1 aromatic rings. The van der Waals surface area contributed by atoms with Crippen LogP contribution in [-0.2, 0) is 5.92 Å². The number of aromatic nitrogens is 1. The van der Waals surface area contributed by atoms with Crippen molar-refractivity contribution >= 4 is 0 Å². The van der Waals surface area contributed by atoms with Gasteiger partial charge in [-0.05, 0) is 13.8 Å². The summed E-state index contributed by atoms with van der Waals surface area (Å²) in [4.78, 5) is 0. The van der Waals surface area contributed by atoms with E-state index in [1.165, 1.54) is 13.8 Å². The predicted molar refractivity (Wildman–Crippen MR) is 35.5 cm³/mol. The summed E-state index contributed by atoms with van der Waals surface area (Å²) in [5, 5.41) is 3.43. The molecular formula is C7H9F2NO. The molecule has 0 atom stereocenters. The Morgan fingerprint density at radius 3 is 2.09 bits per heavy atom. The first-order valence-corrected chi connectivity index (χ1v) is 3.24. The van der Waals surface area contributed by atoms with E-state index >= 15 is 0 Å². The van der Waals surface area contributed by atoms with E-state index in [0.29, 0.717) is 0 Å². The van der Waals surface area contributed by atoms with Crippen LogP contribution in [0, 0.1) is 13.8 Å². The SMILES string of the molecule is Cc1noc(C)c1C(C)(F)F. The van der Waals surface area contributed by atoms with E-state index in [2.05, 4.69) is 9.68 Å². The highest BCUT2D eigenvalue weighted by Crippen LogP contribution is 2.31. The Kier molecular flexibility index (Phi) is 1.70. The second-order valence-corrected chi connectivity index (χ2v) is 2.59. The Hall–Kier alpha value is -0.930. The summed E-state index contributed by atoms with van der Waals surface area (Å²) < 4.78 is 30.0. The van der Waals surface area contributed by atoms with Crippen molar-refractivity contribution in [2.24, 2.45) is 0 Å². The van der Waals surface area contributed by atoms with Crippen molar-refractivity contribution in [2.75, 3.05) is 0 Å². The van der Waals surface area contributed by atoms with Crippen LogP contribution in [0.1, 0.15) is 23.9 Å². The lowest BCUT2D eigenvalue weighted by Crippen LogP contribution is -2.08. The molecule has 0 N–H and O–H groups in total. The van der Waals surface area contributed by atoms with Crippen molar-refractivity contribution in [1.29, 1.82) is 0 Å². The van der Waals surface area contributed by atoms with Gasteiger partial charge in [0.2, 0.25) is 0 Å². The van der Waals surface area contributed by atoms with Gasteiger partial charge in [-0.1, -0.05) is 5.16 Å². The van der Waals surface area contributed by atoms with Crippen LogP contribution in [0.5, 0.6) is 0 Å². The fourth-order valence-electron chi connectivity index (χ4n) is 1.11. The number of hydrogen-bond acceptors (Lipinski definition) is 2. The van der Waals surface area contributed by atoms with E-state index < -0.39 is 5.92 Å². The first-order chi connectivity index (χ1) is 4.93. The molecular weight excluding hydrogens is 152 g/mol. The highest BCUT2D eigenvalue weighted by Gasteiger charge is 2.31. The van der Waals surface area contributed by atoms with E-state index in [-0.39, 0.29) is 17.0 Å². The van der Waals surface area contributed by atoms with E-state index in [1.54, 1.807) is 0 Å². The van der Waals surface area contributed by atoms with Gasteiger partial charge in [0, 0.05) is 6.92 Å². The van der Waals surface area contributed by atoms with Gasteiger partial charge in [0.15, 0.2) is 0 Å². The average molecular weight is 161 g/mol. The van der Waals surface area contributed by atoms with Crippen molar-refractivity contribution in [2.45, 2.75) is 26.7 Å². The molecule has 1 rings (SSSR count). The van der Waals surface area contributed by atoms with Gasteiger partial charge in [-0.2, -0.15) is 0 Å². The molecule has 1 heterocycles. The number of halogens is 2. The van der Waals surface area contributed by atoms with Gasteiger partial charge >= 0.3 is 0 Å². The van der Waals surface area contributed by atoms with Crippen molar-refractivity contribution in [3.8, 4) is 0 Å². The molecule has 0 fully saturated rings. The maximum absolute atomic E-state index is 12.7. The molecule has 0 saturated heterocycles. The summed E-state index contributed by atoms with van der Waals surface area (Å²) in [7, 11) is 0. The molecule has 11 heavy (non-hydrogen) atoms. The van der Waals surface area contributed by atoms with Gasteiger partial charge in [-0.25, -0.2) is 8.78 Å². The minimum atomic E-state index is -2.85. The van der Waals surface area contributed by atoms with Crippen molar-refractivity contribution in [3.63, 3.8) is 0 Å². The fraction of sp³-hybridized carbons (Fsp3) is 0.571. The Labute approximate surface area is 63.2 Å². The second-order valence-electron chi connectivity index (χ2n) is 2.59. The molecule has 62 valence electrons. The van der Waals surface area contributed by atoms with Crippen molar-refractivity contribution < 1.29 is 13.3 Å². The van der Waals surface area contributed by atoms with Crippen LogP contribution in [-0.4, -0.2) is 5.16 Å². The van der Waals surface area contributed by atoms with Crippen molar-refractivity contribution in [1.82, 2.24) is 5.16 Å². The minimum Gasteiger partial charge on any atom is -0.361 e. The van der Waals surface area contributed by atoms with Crippen LogP contribution < -0.4 is 0 Å². The quantitative estimate of drug-likeness (QED) is 0.632. The molecule has 1 aromatic heterocycles. The van der Waals surface area contributed by atoms with Gasteiger partial charge in [-0.3, -0.25) is 0 Å². The Morgan fingerprint density at radius 2 is 1.91 bits per heavy atom. The molecule has 2 nitrogen and oxygen atoms in total. The standard InChI is InChI=1S/C7H9F2NO/c1-4-6(7(3,8)9)5(2)11-10-4/h1-3H3. The van der Waals surface area contributed by atoms with E-state index in [9.17, 15) is 8.78 Å². The Balaban J connectivity index is 3.21. The maximum Gasteiger partial charge on any atom is 0.275 e. The Bertz CT molecular complexity index is 242. The predicted octanol–water partition coefficient (Wildman–Crippen LogP) is 2.40. The highest BCUT2D eigenvalue weighted by molar-refractivity contribution is 5.25. The van der Waals surface area contributed by atoms with Crippen LogP contribution in [0.3, 0.4) is 0 Å². The molecule has 4 heteroatoms. The molecule has 0 saturated carbocycles. The molecule has 0 spiro atoms. The number of rotatable bonds is 1. The van der Waals surface area contributed by atoms with Crippen molar-refractivity contribution in [3.05, 3.63) is 17.0 Å². The normalized spacial score (nSPS) is 12.1. The highest BCUT2D eigenvalue weighted by atomic mass is 19.3. The van der Waals surface area contributed by atoms with Crippen LogP contribution in [0.2, 0.25) is 0 Å². The molecule has 0 aliphatic rings. The largest absolute Gasteiger partial charge is 0.361 e. The van der Waals surface area contributed by atoms with Gasteiger partial charge in [0.1, 0.15) is 5.76 Å². The number of aryl methyl sites for hydroxylation is 2. The van der Waals surface area contributed by atoms with Crippen LogP contribution in [0.15, 0.2) is 4.52 Å². The summed E-state index contributed by atoms with van der Waals surface area (Å²) >= 11 is 0. The third-order valence-corrected chi connectivity index (χ3v) is 1.47. The zero-order valence-corrected chi connectivity index (χ0v) is 6.61. The third kappa shape index (κ3) is 1.39. The van der Waals surface area contributed by atoms with E-state index in [1.807, 2.05) is 0 Å². The fourth-order valence-corrected chi connectivity index (χ4v) is 1.11. The molecule has 0 unspecified atom stereocenters. The third-order valence-electron chi connectivity index (χ3n) is 1.47. The van der Waals surface area contributed by atoms with Gasteiger partial charge in [0.05, 0.1) is 11.3 Å².